The summed E-state index contributed by atoms with van der Waals surface area (Å²) in [5, 5.41) is 18.8. The van der Waals surface area contributed by atoms with Crippen LogP contribution in [0.3, 0.4) is 0 Å². The first-order valence-corrected chi connectivity index (χ1v) is 14.7. The van der Waals surface area contributed by atoms with Gasteiger partial charge in [0.1, 0.15) is 29.7 Å². The third-order valence-corrected chi connectivity index (χ3v) is 7.76. The molecular formula is C39H21N9. The lowest BCUT2D eigenvalue weighted by molar-refractivity contribution is 1.26. The third-order valence-electron chi connectivity index (χ3n) is 7.76. The minimum Gasteiger partial charge on any atom is -0.361 e. The minimum absolute atomic E-state index is 0.314. The Bertz CT molecular complexity index is 2180. The Balaban J connectivity index is 1.38. The highest BCUT2D eigenvalue weighted by Crippen LogP contribution is 2.36. The van der Waals surface area contributed by atoms with E-state index in [9.17, 15) is 10.5 Å². The highest BCUT2D eigenvalue weighted by Gasteiger charge is 2.13. The van der Waals surface area contributed by atoms with E-state index in [1.54, 1.807) is 55.4 Å². The first kappa shape index (κ1) is 29.3. The molecule has 0 N–H and O–H groups in total. The molecule has 0 atom stereocenters. The van der Waals surface area contributed by atoms with E-state index in [2.05, 4.69) is 65.1 Å². The normalized spacial score (nSPS) is 10.4. The monoisotopic (exact) mass is 615 g/mol. The van der Waals surface area contributed by atoms with E-state index in [1.165, 1.54) is 0 Å². The molecule has 0 unspecified atom stereocenters. The van der Waals surface area contributed by atoms with Gasteiger partial charge in [-0.15, -0.1) is 4.98 Å². The van der Waals surface area contributed by atoms with Crippen LogP contribution in [0.5, 0.6) is 0 Å². The maximum atomic E-state index is 9.38. The summed E-state index contributed by atoms with van der Waals surface area (Å²) in [6.45, 7) is 7.37. The van der Waals surface area contributed by atoms with E-state index < -0.39 is 0 Å². The van der Waals surface area contributed by atoms with E-state index in [1.807, 2.05) is 55.0 Å². The maximum absolute atomic E-state index is 9.38. The molecule has 6 heterocycles. The minimum atomic E-state index is 0.314. The van der Waals surface area contributed by atoms with Crippen LogP contribution in [-0.4, -0.2) is 29.9 Å². The van der Waals surface area contributed by atoms with E-state index in [4.69, 9.17) is 6.57 Å². The van der Waals surface area contributed by atoms with Crippen LogP contribution in [0.2, 0.25) is 0 Å². The lowest BCUT2D eigenvalue weighted by atomic mass is 9.92. The number of nitrogens with zero attached hydrogens (tertiary/aromatic N) is 9. The second-order valence-corrected chi connectivity index (χ2v) is 10.8. The van der Waals surface area contributed by atoms with Gasteiger partial charge >= 0.3 is 0 Å². The Morgan fingerprint density at radius 2 is 0.750 bits per heavy atom. The molecule has 1 aromatic carbocycles. The molecule has 9 nitrogen and oxygen atoms in total. The summed E-state index contributed by atoms with van der Waals surface area (Å²) in [6, 6.07) is 27.4. The van der Waals surface area contributed by atoms with Gasteiger partial charge in [0.05, 0.1) is 0 Å². The zero-order valence-corrected chi connectivity index (χ0v) is 25.1. The molecule has 0 radical (unpaired) electrons. The van der Waals surface area contributed by atoms with Crippen LogP contribution in [0, 0.1) is 29.2 Å². The lowest BCUT2D eigenvalue weighted by Crippen LogP contribution is -1.91. The van der Waals surface area contributed by atoms with Gasteiger partial charge in [0.2, 0.25) is 0 Å². The lowest BCUT2D eigenvalue weighted by Gasteiger charge is -2.13. The number of aromatic nitrogens is 6. The predicted molar refractivity (Wildman–Crippen MR) is 182 cm³/mol. The fourth-order valence-corrected chi connectivity index (χ4v) is 5.40. The van der Waals surface area contributed by atoms with Gasteiger partial charge in [-0.2, -0.15) is 10.5 Å². The number of hydrogen-bond acceptors (Lipinski definition) is 8. The van der Waals surface area contributed by atoms with Crippen molar-refractivity contribution in [3.05, 3.63) is 151 Å². The molecule has 0 spiro atoms. The summed E-state index contributed by atoms with van der Waals surface area (Å²) in [4.78, 5) is 29.4. The molecule has 0 amide bonds. The molecule has 6 aromatic heterocycles. The van der Waals surface area contributed by atoms with E-state index >= 15 is 0 Å². The highest BCUT2D eigenvalue weighted by atomic mass is 14.8. The highest BCUT2D eigenvalue weighted by molar-refractivity contribution is 5.84. The number of nitriles is 2. The van der Waals surface area contributed by atoms with Crippen LogP contribution in [0.25, 0.3) is 71.6 Å². The standard InChI is InChI=1S/C39H21N9/c1-42-39-16-27(4-7-48-39)33-13-36(24-45-21-33)30-9-28(34-11-31(19-43-22-34)25-2-5-46-37(14-25)17-40)8-29(10-30)35-12-32(20-44-23-35)26-3-6-47-38(15-26)18-41/h2-16,19-24H. The van der Waals surface area contributed by atoms with Gasteiger partial charge in [0.15, 0.2) is 0 Å². The van der Waals surface area contributed by atoms with Gasteiger partial charge in [-0.3, -0.25) is 15.0 Å². The van der Waals surface area contributed by atoms with Crippen molar-refractivity contribution in [3.63, 3.8) is 0 Å². The van der Waals surface area contributed by atoms with Crippen LogP contribution < -0.4 is 0 Å². The number of hydrogen-bond donors (Lipinski definition) is 0. The Morgan fingerprint density at radius 1 is 0.417 bits per heavy atom. The fraction of sp³-hybridized carbons (Fsp3) is 0. The average molecular weight is 616 g/mol. The second-order valence-electron chi connectivity index (χ2n) is 10.8. The molecule has 9 heteroatoms. The number of pyridine rings is 6. The zero-order valence-electron chi connectivity index (χ0n) is 25.1. The van der Waals surface area contributed by atoms with Crippen molar-refractivity contribution in [1.29, 1.82) is 10.5 Å². The summed E-state index contributed by atoms with van der Waals surface area (Å²) < 4.78 is 0. The molecule has 222 valence electrons. The van der Waals surface area contributed by atoms with Crippen LogP contribution in [-0.2, 0) is 0 Å². The average Bonchev–Trinajstić information content (AvgIpc) is 3.18. The Kier molecular flexibility index (Phi) is 7.88. The molecule has 7 rings (SSSR count). The van der Waals surface area contributed by atoms with Gasteiger partial charge in [0, 0.05) is 77.4 Å². The SMILES string of the molecule is [C-]#[N+]c1cc(-c2cncc(-c3cc(-c4cncc(-c5ccnc(C#N)c5)c4)cc(-c4cncc(-c5ccnc(C#N)c5)c4)c3)c2)ccn1. The van der Waals surface area contributed by atoms with Crippen molar-refractivity contribution in [3.8, 4) is 78.9 Å². The molecule has 48 heavy (non-hydrogen) atoms. The number of rotatable bonds is 6. The first-order chi connectivity index (χ1) is 23.6. The van der Waals surface area contributed by atoms with Gasteiger partial charge in [-0.05, 0) is 112 Å². The summed E-state index contributed by atoms with van der Waals surface area (Å²) in [7, 11) is 0. The van der Waals surface area contributed by atoms with Crippen LogP contribution in [0.1, 0.15) is 11.4 Å². The maximum Gasteiger partial charge on any atom is 0.270 e. The van der Waals surface area contributed by atoms with Crippen molar-refractivity contribution >= 4 is 5.82 Å². The summed E-state index contributed by atoms with van der Waals surface area (Å²) in [6.07, 6.45) is 15.6. The van der Waals surface area contributed by atoms with Crippen molar-refractivity contribution in [2.45, 2.75) is 0 Å². The van der Waals surface area contributed by atoms with Gasteiger partial charge in [0.25, 0.3) is 5.82 Å². The van der Waals surface area contributed by atoms with Crippen LogP contribution in [0.4, 0.5) is 5.82 Å². The second kappa shape index (κ2) is 12.9. The summed E-state index contributed by atoms with van der Waals surface area (Å²) in [5.41, 5.74) is 11.1. The molecule has 0 aliphatic carbocycles. The van der Waals surface area contributed by atoms with Crippen LogP contribution in [0.15, 0.2) is 129 Å². The smallest absolute Gasteiger partial charge is 0.270 e. The van der Waals surface area contributed by atoms with E-state index in [0.29, 0.717) is 17.2 Å². The molecule has 0 aliphatic heterocycles. The Morgan fingerprint density at radius 3 is 1.12 bits per heavy atom. The van der Waals surface area contributed by atoms with E-state index in [0.717, 1.165) is 66.8 Å². The van der Waals surface area contributed by atoms with Gasteiger partial charge in [-0.25, -0.2) is 9.97 Å². The topological polar surface area (TPSA) is 129 Å². The van der Waals surface area contributed by atoms with Crippen molar-refractivity contribution in [2.75, 3.05) is 0 Å². The molecule has 0 saturated carbocycles. The predicted octanol–water partition coefficient (Wildman–Crippen LogP) is 8.35. The largest absolute Gasteiger partial charge is 0.361 e. The fourth-order valence-electron chi connectivity index (χ4n) is 5.40. The van der Waals surface area contributed by atoms with Crippen molar-refractivity contribution < 1.29 is 0 Å². The molecule has 0 bridgehead atoms. The third kappa shape index (κ3) is 6.09. The molecule has 0 fully saturated rings. The van der Waals surface area contributed by atoms with Gasteiger partial charge in [-0.1, -0.05) is 6.57 Å². The summed E-state index contributed by atoms with van der Waals surface area (Å²) in [5.74, 6) is 0.314. The van der Waals surface area contributed by atoms with E-state index in [-0.39, 0.29) is 0 Å². The van der Waals surface area contributed by atoms with Gasteiger partial charge < -0.3 is 4.85 Å². The Hall–Kier alpha value is -7.41. The Labute approximate surface area is 276 Å². The molecular weight excluding hydrogens is 594 g/mol. The molecule has 7 aromatic rings. The summed E-state index contributed by atoms with van der Waals surface area (Å²) >= 11 is 0. The first-order valence-electron chi connectivity index (χ1n) is 14.7. The number of benzene rings is 1. The quantitative estimate of drug-likeness (QED) is 0.171. The van der Waals surface area contributed by atoms with Crippen molar-refractivity contribution in [1.82, 2.24) is 29.9 Å². The van der Waals surface area contributed by atoms with Crippen LogP contribution >= 0.6 is 0 Å². The molecule has 0 aliphatic rings. The van der Waals surface area contributed by atoms with Crippen molar-refractivity contribution in [2.24, 2.45) is 0 Å². The molecule has 0 saturated heterocycles. The zero-order chi connectivity index (χ0) is 32.9.